The molecule has 2 aromatic rings. The van der Waals surface area contributed by atoms with Gasteiger partial charge in [-0.25, -0.2) is 0 Å². The van der Waals surface area contributed by atoms with E-state index in [0.29, 0.717) is 10.8 Å². The van der Waals surface area contributed by atoms with Crippen LogP contribution in [0.2, 0.25) is 5.02 Å². The third-order valence-electron chi connectivity index (χ3n) is 5.00. The number of carbonyl (C=O) groups excluding carboxylic acids is 1. The Bertz CT molecular complexity index is 789. The Kier molecular flexibility index (Phi) is 7.31. The Morgan fingerprint density at radius 3 is 2.57 bits per heavy atom. The van der Waals surface area contributed by atoms with E-state index in [1.54, 1.807) is 12.1 Å². The molecule has 1 aliphatic heterocycles. The van der Waals surface area contributed by atoms with Gasteiger partial charge in [0.2, 0.25) is 0 Å². The Hall–Kier alpha value is -2.08. The van der Waals surface area contributed by atoms with Gasteiger partial charge in [0, 0.05) is 5.02 Å². The van der Waals surface area contributed by atoms with Gasteiger partial charge in [-0.3, -0.25) is 4.79 Å². The smallest absolute Gasteiger partial charge is 0.258 e. The number of amides is 1. The van der Waals surface area contributed by atoms with Crippen molar-refractivity contribution in [1.29, 1.82) is 0 Å². The molecule has 1 atom stereocenters. The maximum absolute atomic E-state index is 12.6. The van der Waals surface area contributed by atoms with E-state index in [9.17, 15) is 4.79 Å². The number of rotatable bonds is 7. The summed E-state index contributed by atoms with van der Waals surface area (Å²) in [7, 11) is 0. The summed E-state index contributed by atoms with van der Waals surface area (Å²) in [4.78, 5) is 14.0. The van der Waals surface area contributed by atoms with Gasteiger partial charge in [0.25, 0.3) is 5.91 Å². The minimum Gasteiger partial charge on any atom is -0.484 e. The molecule has 28 heavy (non-hydrogen) atoms. The zero-order chi connectivity index (χ0) is 19.9. The van der Waals surface area contributed by atoms with E-state index in [1.807, 2.05) is 13.0 Å². The van der Waals surface area contributed by atoms with Crippen LogP contribution in [0.1, 0.15) is 22.7 Å². The fraction of sp³-hybridized carbons (Fsp3) is 0.409. The normalized spacial score (nSPS) is 15.8. The molecule has 1 fully saturated rings. The van der Waals surface area contributed by atoms with Crippen LogP contribution in [-0.2, 0) is 9.53 Å². The maximum Gasteiger partial charge on any atom is 0.258 e. The predicted octanol–water partition coefficient (Wildman–Crippen LogP) is 2.11. The van der Waals surface area contributed by atoms with Crippen LogP contribution in [0.3, 0.4) is 0 Å². The standard InChI is InChI=1S/C22H27ClN2O3/c1-16-3-5-18(6-4-16)20(14-25-9-11-27-12-10-25)24-22(26)15-28-21-8-7-19(23)13-17(21)2/h3-8,13,20H,9-12,14-15H2,1-2H3,(H,24,26)/p+1/t20-/m1/s1. The van der Waals surface area contributed by atoms with E-state index in [4.69, 9.17) is 21.1 Å². The Morgan fingerprint density at radius 1 is 1.18 bits per heavy atom. The highest BCUT2D eigenvalue weighted by molar-refractivity contribution is 6.30. The molecule has 6 heteroatoms. The molecule has 1 saturated heterocycles. The molecule has 5 nitrogen and oxygen atoms in total. The number of hydrogen-bond acceptors (Lipinski definition) is 3. The number of ether oxygens (including phenoxy) is 2. The summed E-state index contributed by atoms with van der Waals surface area (Å²) >= 11 is 5.97. The summed E-state index contributed by atoms with van der Waals surface area (Å²) < 4.78 is 11.2. The van der Waals surface area contributed by atoms with Crippen molar-refractivity contribution in [2.75, 3.05) is 39.5 Å². The lowest BCUT2D eigenvalue weighted by atomic mass is 10.0. The monoisotopic (exact) mass is 403 g/mol. The first-order valence-electron chi connectivity index (χ1n) is 9.67. The van der Waals surface area contributed by atoms with E-state index in [-0.39, 0.29) is 18.6 Å². The molecular formula is C22H28ClN2O3+. The molecule has 0 saturated carbocycles. The second-order valence-electron chi connectivity index (χ2n) is 7.30. The molecule has 0 radical (unpaired) electrons. The lowest BCUT2D eigenvalue weighted by Gasteiger charge is -2.28. The van der Waals surface area contributed by atoms with Gasteiger partial charge < -0.3 is 19.7 Å². The summed E-state index contributed by atoms with van der Waals surface area (Å²) in [5.74, 6) is 0.540. The van der Waals surface area contributed by atoms with Crippen molar-refractivity contribution in [3.63, 3.8) is 0 Å². The molecule has 3 rings (SSSR count). The van der Waals surface area contributed by atoms with E-state index in [1.165, 1.54) is 10.5 Å². The van der Waals surface area contributed by atoms with Crippen molar-refractivity contribution >= 4 is 17.5 Å². The number of hydrogen-bond donors (Lipinski definition) is 2. The van der Waals surface area contributed by atoms with Gasteiger partial charge in [-0.2, -0.15) is 0 Å². The SMILES string of the molecule is Cc1ccc([C@@H](C[NH+]2CCOCC2)NC(=O)COc2ccc(Cl)cc2C)cc1. The van der Waals surface area contributed by atoms with Crippen molar-refractivity contribution in [2.24, 2.45) is 0 Å². The number of aryl methyl sites for hydroxylation is 2. The lowest BCUT2D eigenvalue weighted by Crippen LogP contribution is -3.14. The highest BCUT2D eigenvalue weighted by atomic mass is 35.5. The van der Waals surface area contributed by atoms with Gasteiger partial charge in [-0.05, 0) is 43.2 Å². The van der Waals surface area contributed by atoms with E-state index >= 15 is 0 Å². The highest BCUT2D eigenvalue weighted by Gasteiger charge is 2.23. The van der Waals surface area contributed by atoms with Crippen molar-refractivity contribution in [1.82, 2.24) is 5.32 Å². The van der Waals surface area contributed by atoms with Crippen molar-refractivity contribution in [3.05, 3.63) is 64.2 Å². The van der Waals surface area contributed by atoms with Gasteiger partial charge in [0.1, 0.15) is 31.4 Å². The molecule has 2 N–H and O–H groups in total. The van der Waals surface area contributed by atoms with Gasteiger partial charge >= 0.3 is 0 Å². The van der Waals surface area contributed by atoms with Crippen LogP contribution in [-0.4, -0.2) is 45.4 Å². The predicted molar refractivity (Wildman–Crippen MR) is 110 cm³/mol. The van der Waals surface area contributed by atoms with Crippen LogP contribution < -0.4 is 15.0 Å². The molecule has 0 aliphatic carbocycles. The Balaban J connectivity index is 1.63. The third-order valence-corrected chi connectivity index (χ3v) is 5.24. The Morgan fingerprint density at radius 2 is 1.89 bits per heavy atom. The molecule has 150 valence electrons. The first kappa shape index (κ1) is 20.6. The lowest BCUT2D eigenvalue weighted by molar-refractivity contribution is -0.909. The number of halogens is 1. The number of benzene rings is 2. The number of carbonyl (C=O) groups is 1. The summed E-state index contributed by atoms with van der Waals surface area (Å²) in [6.45, 7) is 8.23. The van der Waals surface area contributed by atoms with Gasteiger partial charge in [-0.1, -0.05) is 41.4 Å². The molecular weight excluding hydrogens is 376 g/mol. The van der Waals surface area contributed by atoms with E-state index in [2.05, 4.69) is 36.5 Å². The number of nitrogens with one attached hydrogen (secondary N) is 2. The topological polar surface area (TPSA) is 52.0 Å². The fourth-order valence-electron chi connectivity index (χ4n) is 3.36. The molecule has 1 aliphatic rings. The average molecular weight is 404 g/mol. The fourth-order valence-corrected chi connectivity index (χ4v) is 3.58. The van der Waals surface area contributed by atoms with Crippen LogP contribution in [0.25, 0.3) is 0 Å². The first-order chi connectivity index (χ1) is 13.5. The van der Waals surface area contributed by atoms with Crippen LogP contribution in [0.5, 0.6) is 5.75 Å². The largest absolute Gasteiger partial charge is 0.484 e. The minimum atomic E-state index is -0.132. The third kappa shape index (κ3) is 5.96. The summed E-state index contributed by atoms with van der Waals surface area (Å²) in [5.41, 5.74) is 3.22. The van der Waals surface area contributed by atoms with Gasteiger partial charge in [-0.15, -0.1) is 0 Å². The molecule has 0 aromatic heterocycles. The zero-order valence-electron chi connectivity index (χ0n) is 16.5. The minimum absolute atomic E-state index is 0.0245. The molecule has 0 spiro atoms. The van der Waals surface area contributed by atoms with Crippen LogP contribution in [0.4, 0.5) is 0 Å². The van der Waals surface area contributed by atoms with Crippen LogP contribution in [0.15, 0.2) is 42.5 Å². The second kappa shape index (κ2) is 9.92. The molecule has 1 amide bonds. The second-order valence-corrected chi connectivity index (χ2v) is 7.73. The molecule has 1 heterocycles. The van der Waals surface area contributed by atoms with Gasteiger partial charge in [0.15, 0.2) is 6.61 Å². The van der Waals surface area contributed by atoms with Gasteiger partial charge in [0.05, 0.1) is 13.2 Å². The summed E-state index contributed by atoms with van der Waals surface area (Å²) in [5, 5.41) is 3.80. The van der Waals surface area contributed by atoms with E-state index in [0.717, 1.165) is 44.0 Å². The number of morpholine rings is 1. The molecule has 0 bridgehead atoms. The molecule has 2 aromatic carbocycles. The average Bonchev–Trinajstić information content (AvgIpc) is 2.68. The highest BCUT2D eigenvalue weighted by Crippen LogP contribution is 2.21. The van der Waals surface area contributed by atoms with Crippen LogP contribution in [0, 0.1) is 13.8 Å². The summed E-state index contributed by atoms with van der Waals surface area (Å²) in [6.07, 6.45) is 0. The number of quaternary nitrogens is 1. The van der Waals surface area contributed by atoms with Crippen molar-refractivity contribution in [2.45, 2.75) is 19.9 Å². The molecule has 0 unspecified atom stereocenters. The zero-order valence-corrected chi connectivity index (χ0v) is 17.2. The van der Waals surface area contributed by atoms with E-state index < -0.39 is 0 Å². The Labute approximate surface area is 171 Å². The maximum atomic E-state index is 12.6. The van der Waals surface area contributed by atoms with Crippen molar-refractivity contribution < 1.29 is 19.2 Å². The first-order valence-corrected chi connectivity index (χ1v) is 10.1. The van der Waals surface area contributed by atoms with Crippen molar-refractivity contribution in [3.8, 4) is 5.75 Å². The quantitative estimate of drug-likeness (QED) is 0.744. The van der Waals surface area contributed by atoms with Crippen LogP contribution >= 0.6 is 11.6 Å². The summed E-state index contributed by atoms with van der Waals surface area (Å²) in [6, 6.07) is 13.7.